The second-order valence-electron chi connectivity index (χ2n) is 2.35. The zero-order valence-corrected chi connectivity index (χ0v) is 6.95. The van der Waals surface area contributed by atoms with E-state index in [2.05, 4.69) is 5.32 Å². The third-order valence-electron chi connectivity index (χ3n) is 1.52. The summed E-state index contributed by atoms with van der Waals surface area (Å²) in [5.41, 5.74) is 1.86. The van der Waals surface area contributed by atoms with E-state index in [4.69, 9.17) is 0 Å². The van der Waals surface area contributed by atoms with E-state index in [1.54, 1.807) is 0 Å². The highest BCUT2D eigenvalue weighted by molar-refractivity contribution is 5.78. The summed E-state index contributed by atoms with van der Waals surface area (Å²) >= 11 is 0. The average Bonchev–Trinajstić information content (AvgIpc) is 2.09. The number of rotatable bonds is 3. The molecule has 0 spiro atoms. The van der Waals surface area contributed by atoms with Crippen LogP contribution in [0.25, 0.3) is 6.08 Å². The van der Waals surface area contributed by atoms with Crippen LogP contribution in [0.5, 0.6) is 0 Å². The molecule has 1 rings (SSSR count). The van der Waals surface area contributed by atoms with Crippen molar-refractivity contribution in [2.75, 3.05) is 5.32 Å². The van der Waals surface area contributed by atoms with Crippen molar-refractivity contribution in [2.24, 2.45) is 0 Å². The van der Waals surface area contributed by atoms with Crippen molar-refractivity contribution in [3.8, 4) is 0 Å². The van der Waals surface area contributed by atoms with Crippen molar-refractivity contribution in [1.82, 2.24) is 0 Å². The molecule has 0 heterocycles. The SMILES string of the molecule is C/C=C/c1ccccc1NC=O. The van der Waals surface area contributed by atoms with Crippen molar-refractivity contribution in [3.05, 3.63) is 35.9 Å². The van der Waals surface area contributed by atoms with Gasteiger partial charge in [0.05, 0.1) is 0 Å². The van der Waals surface area contributed by atoms with Gasteiger partial charge in [0.25, 0.3) is 0 Å². The Bertz CT molecular complexity index is 292. The third kappa shape index (κ3) is 1.95. The molecule has 0 unspecified atom stereocenters. The minimum atomic E-state index is 0.683. The molecule has 62 valence electrons. The zero-order valence-electron chi connectivity index (χ0n) is 6.95. The van der Waals surface area contributed by atoms with Crippen molar-refractivity contribution in [2.45, 2.75) is 6.92 Å². The quantitative estimate of drug-likeness (QED) is 0.677. The molecular weight excluding hydrogens is 150 g/mol. The largest absolute Gasteiger partial charge is 0.328 e. The Balaban J connectivity index is 2.99. The first-order valence-corrected chi connectivity index (χ1v) is 3.80. The summed E-state index contributed by atoms with van der Waals surface area (Å²) < 4.78 is 0. The van der Waals surface area contributed by atoms with Gasteiger partial charge in [-0.3, -0.25) is 4.79 Å². The highest BCUT2D eigenvalue weighted by atomic mass is 16.1. The van der Waals surface area contributed by atoms with Gasteiger partial charge in [-0.05, 0) is 18.6 Å². The number of carbonyl (C=O) groups is 1. The third-order valence-corrected chi connectivity index (χ3v) is 1.52. The van der Waals surface area contributed by atoms with Gasteiger partial charge in [-0.25, -0.2) is 0 Å². The first-order valence-electron chi connectivity index (χ1n) is 3.80. The fourth-order valence-electron chi connectivity index (χ4n) is 1.02. The van der Waals surface area contributed by atoms with E-state index in [0.29, 0.717) is 6.41 Å². The van der Waals surface area contributed by atoms with Crippen LogP contribution < -0.4 is 5.32 Å². The Kier molecular flexibility index (Phi) is 3.08. The van der Waals surface area contributed by atoms with Crippen LogP contribution in [0.4, 0.5) is 5.69 Å². The summed E-state index contributed by atoms with van der Waals surface area (Å²) in [4.78, 5) is 10.2. The van der Waals surface area contributed by atoms with E-state index in [-0.39, 0.29) is 0 Å². The summed E-state index contributed by atoms with van der Waals surface area (Å²) in [7, 11) is 0. The van der Waals surface area contributed by atoms with Crippen molar-refractivity contribution in [1.29, 1.82) is 0 Å². The summed E-state index contributed by atoms with van der Waals surface area (Å²) in [5, 5.41) is 2.63. The number of amides is 1. The second kappa shape index (κ2) is 4.34. The molecule has 0 radical (unpaired) electrons. The number of anilines is 1. The zero-order chi connectivity index (χ0) is 8.81. The summed E-state index contributed by atoms with van der Waals surface area (Å²) in [6.45, 7) is 1.94. The molecule has 1 amide bonds. The van der Waals surface area contributed by atoms with Crippen LogP contribution in [0.15, 0.2) is 30.3 Å². The molecule has 12 heavy (non-hydrogen) atoms. The highest BCUT2D eigenvalue weighted by Crippen LogP contribution is 2.15. The molecule has 0 saturated heterocycles. The van der Waals surface area contributed by atoms with E-state index in [1.165, 1.54) is 0 Å². The molecule has 1 aromatic carbocycles. The highest BCUT2D eigenvalue weighted by Gasteiger charge is 1.94. The van der Waals surface area contributed by atoms with Crippen molar-refractivity contribution < 1.29 is 4.79 Å². The maximum atomic E-state index is 10.2. The predicted octanol–water partition coefficient (Wildman–Crippen LogP) is 2.29. The Labute approximate surface area is 71.9 Å². The molecule has 0 aromatic heterocycles. The van der Waals surface area contributed by atoms with Crippen LogP contribution in [0.1, 0.15) is 12.5 Å². The van der Waals surface area contributed by atoms with Crippen LogP contribution in [0.2, 0.25) is 0 Å². The Morgan fingerprint density at radius 1 is 1.33 bits per heavy atom. The molecule has 0 bridgehead atoms. The number of allylic oxidation sites excluding steroid dienone is 1. The van der Waals surface area contributed by atoms with Crippen molar-refractivity contribution in [3.63, 3.8) is 0 Å². The monoisotopic (exact) mass is 161 g/mol. The first kappa shape index (κ1) is 8.53. The maximum Gasteiger partial charge on any atom is 0.211 e. The fourth-order valence-corrected chi connectivity index (χ4v) is 1.02. The van der Waals surface area contributed by atoms with Crippen LogP contribution in [0, 0.1) is 0 Å². The molecule has 0 aliphatic heterocycles. The molecule has 0 fully saturated rings. The van der Waals surface area contributed by atoms with Crippen LogP contribution in [-0.2, 0) is 4.79 Å². The topological polar surface area (TPSA) is 29.1 Å². The van der Waals surface area contributed by atoms with Crippen molar-refractivity contribution >= 4 is 18.2 Å². The molecule has 2 heteroatoms. The number of nitrogens with one attached hydrogen (secondary N) is 1. The molecule has 1 N–H and O–H groups in total. The number of para-hydroxylation sites is 1. The second-order valence-corrected chi connectivity index (χ2v) is 2.35. The van der Waals surface area contributed by atoms with Gasteiger partial charge in [-0.2, -0.15) is 0 Å². The first-order chi connectivity index (χ1) is 5.88. The van der Waals surface area contributed by atoms with Crippen LogP contribution in [-0.4, -0.2) is 6.41 Å². The van der Waals surface area contributed by atoms with Crippen LogP contribution in [0.3, 0.4) is 0 Å². The van der Waals surface area contributed by atoms with E-state index < -0.39 is 0 Å². The van der Waals surface area contributed by atoms with Gasteiger partial charge in [-0.15, -0.1) is 0 Å². The molecule has 0 aliphatic carbocycles. The van der Waals surface area contributed by atoms with Gasteiger partial charge in [-0.1, -0.05) is 30.4 Å². The van der Waals surface area contributed by atoms with E-state index in [1.807, 2.05) is 43.3 Å². The standard InChI is InChI=1S/C10H11NO/c1-2-5-9-6-3-4-7-10(9)11-8-12/h2-8H,1H3,(H,11,12)/b5-2+. The molecule has 0 saturated carbocycles. The lowest BCUT2D eigenvalue weighted by atomic mass is 10.1. The predicted molar refractivity (Wildman–Crippen MR) is 50.8 cm³/mol. The van der Waals surface area contributed by atoms with E-state index in [9.17, 15) is 4.79 Å². The van der Waals surface area contributed by atoms with Gasteiger partial charge in [0.2, 0.25) is 6.41 Å². The Morgan fingerprint density at radius 2 is 2.08 bits per heavy atom. The maximum absolute atomic E-state index is 10.2. The number of carbonyl (C=O) groups excluding carboxylic acids is 1. The average molecular weight is 161 g/mol. The smallest absolute Gasteiger partial charge is 0.211 e. The lowest BCUT2D eigenvalue weighted by molar-refractivity contribution is -0.105. The minimum absolute atomic E-state index is 0.683. The van der Waals surface area contributed by atoms with Gasteiger partial charge in [0.15, 0.2) is 0 Å². The summed E-state index contributed by atoms with van der Waals surface area (Å²) in [6, 6.07) is 7.64. The summed E-state index contributed by atoms with van der Waals surface area (Å²) in [5.74, 6) is 0. The normalized spacial score (nSPS) is 10.1. The van der Waals surface area contributed by atoms with E-state index >= 15 is 0 Å². The van der Waals surface area contributed by atoms with Crippen LogP contribution >= 0.6 is 0 Å². The minimum Gasteiger partial charge on any atom is -0.328 e. The molecule has 2 nitrogen and oxygen atoms in total. The fraction of sp³-hybridized carbons (Fsp3) is 0.100. The van der Waals surface area contributed by atoms with Gasteiger partial charge < -0.3 is 5.32 Å². The number of hydrogen-bond acceptors (Lipinski definition) is 1. The molecule has 0 aliphatic rings. The summed E-state index contributed by atoms with van der Waals surface area (Å²) in [6.07, 6.45) is 4.57. The van der Waals surface area contributed by atoms with Gasteiger partial charge in [0.1, 0.15) is 0 Å². The molecule has 1 aromatic rings. The van der Waals surface area contributed by atoms with E-state index in [0.717, 1.165) is 11.3 Å². The number of benzene rings is 1. The Hall–Kier alpha value is -1.57. The van der Waals surface area contributed by atoms with Gasteiger partial charge in [0, 0.05) is 5.69 Å². The van der Waals surface area contributed by atoms with Gasteiger partial charge >= 0.3 is 0 Å². The molecular formula is C10H11NO. The Morgan fingerprint density at radius 3 is 2.75 bits per heavy atom. The molecule has 0 atom stereocenters. The lowest BCUT2D eigenvalue weighted by Crippen LogP contribution is -1.95. The lowest BCUT2D eigenvalue weighted by Gasteiger charge is -2.02. The number of hydrogen-bond donors (Lipinski definition) is 1.